The smallest absolute Gasteiger partial charge is 0.249 e. The Labute approximate surface area is 220 Å². The predicted octanol–water partition coefficient (Wildman–Crippen LogP) is 4.59. The first kappa shape index (κ1) is 26.2. The minimum Gasteiger partial charge on any atom is -0.497 e. The molecule has 0 unspecified atom stereocenters. The first-order valence-corrected chi connectivity index (χ1v) is 12.8. The van der Waals surface area contributed by atoms with Crippen LogP contribution in [0.3, 0.4) is 0 Å². The summed E-state index contributed by atoms with van der Waals surface area (Å²) in [7, 11) is 3.08. The number of ether oxygens (including phenoxy) is 2. The Balaban J connectivity index is 1.84. The molecular weight excluding hydrogens is 490 g/mol. The van der Waals surface area contributed by atoms with Crippen molar-refractivity contribution in [2.24, 2.45) is 0 Å². The van der Waals surface area contributed by atoms with Crippen LogP contribution in [0.2, 0.25) is 0 Å². The Morgan fingerprint density at radius 1 is 1.08 bits per heavy atom. The van der Waals surface area contributed by atoms with Crippen molar-refractivity contribution in [1.29, 1.82) is 0 Å². The van der Waals surface area contributed by atoms with Gasteiger partial charge in [0.2, 0.25) is 11.8 Å². The topological polar surface area (TPSA) is 98.6 Å². The Morgan fingerprint density at radius 2 is 1.78 bits per heavy atom. The molecule has 0 radical (unpaired) electrons. The summed E-state index contributed by atoms with van der Waals surface area (Å²) in [6.45, 7) is 5.80. The molecule has 1 N–H and O–H groups in total. The molecule has 9 nitrogen and oxygen atoms in total. The molecule has 2 aromatic carbocycles. The molecule has 4 aromatic rings. The summed E-state index contributed by atoms with van der Waals surface area (Å²) in [5.41, 5.74) is 1.41. The number of fused-ring (bicyclic) bond motifs is 1. The van der Waals surface area contributed by atoms with E-state index in [4.69, 9.17) is 9.47 Å². The highest BCUT2D eigenvalue weighted by Gasteiger charge is 2.36. The maximum atomic E-state index is 14.1. The SMILES string of the molecule is CCC(C)(C)NC(=O)[C@@H](c1cccs1)N(C(=O)Cn1nnc2ccccc21)c1cc(OC)cc(OC)c1. The molecule has 4 rings (SSSR count). The van der Waals surface area contributed by atoms with Gasteiger partial charge in [0.1, 0.15) is 29.6 Å². The van der Waals surface area contributed by atoms with Gasteiger partial charge in [0.15, 0.2) is 0 Å². The molecule has 0 spiro atoms. The summed E-state index contributed by atoms with van der Waals surface area (Å²) in [6, 6.07) is 15.4. The zero-order chi connectivity index (χ0) is 26.6. The number of nitrogens with zero attached hydrogens (tertiary/aromatic N) is 4. The van der Waals surface area contributed by atoms with Crippen LogP contribution < -0.4 is 19.7 Å². The van der Waals surface area contributed by atoms with Crippen LogP contribution in [0.25, 0.3) is 11.0 Å². The van der Waals surface area contributed by atoms with Gasteiger partial charge >= 0.3 is 0 Å². The minimum atomic E-state index is -0.926. The normalized spacial score (nSPS) is 12.2. The molecule has 37 heavy (non-hydrogen) atoms. The number of methoxy groups -OCH3 is 2. The molecule has 0 fully saturated rings. The van der Waals surface area contributed by atoms with Crippen LogP contribution in [-0.4, -0.2) is 46.6 Å². The number of aromatic nitrogens is 3. The average molecular weight is 522 g/mol. The van der Waals surface area contributed by atoms with E-state index in [9.17, 15) is 9.59 Å². The molecule has 0 bridgehead atoms. The third-order valence-electron chi connectivity index (χ3n) is 6.25. The molecule has 1 atom stereocenters. The lowest BCUT2D eigenvalue weighted by molar-refractivity contribution is -0.128. The molecule has 0 saturated heterocycles. The molecule has 0 aliphatic carbocycles. The highest BCUT2D eigenvalue weighted by molar-refractivity contribution is 7.10. The Morgan fingerprint density at radius 3 is 2.41 bits per heavy atom. The molecule has 0 aliphatic rings. The van der Waals surface area contributed by atoms with Gasteiger partial charge in [-0.1, -0.05) is 30.3 Å². The van der Waals surface area contributed by atoms with Crippen molar-refractivity contribution in [1.82, 2.24) is 20.3 Å². The summed E-state index contributed by atoms with van der Waals surface area (Å²) in [6.07, 6.45) is 0.724. The van der Waals surface area contributed by atoms with Gasteiger partial charge < -0.3 is 14.8 Å². The maximum Gasteiger partial charge on any atom is 0.249 e. The lowest BCUT2D eigenvalue weighted by atomic mass is 10.0. The van der Waals surface area contributed by atoms with Gasteiger partial charge in [0, 0.05) is 28.6 Å². The van der Waals surface area contributed by atoms with E-state index < -0.39 is 11.6 Å². The zero-order valence-electron chi connectivity index (χ0n) is 21.6. The van der Waals surface area contributed by atoms with Crippen LogP contribution >= 0.6 is 11.3 Å². The van der Waals surface area contributed by atoms with Gasteiger partial charge in [0.25, 0.3) is 0 Å². The molecule has 2 heterocycles. The van der Waals surface area contributed by atoms with Crippen LogP contribution in [0, 0.1) is 0 Å². The lowest BCUT2D eigenvalue weighted by Gasteiger charge is -2.34. The quantitative estimate of drug-likeness (QED) is 0.328. The number of hydrogen-bond donors (Lipinski definition) is 1. The second kappa shape index (κ2) is 11.0. The molecule has 0 aliphatic heterocycles. The highest BCUT2D eigenvalue weighted by Crippen LogP contribution is 2.36. The Hall–Kier alpha value is -3.92. The number of amides is 2. The zero-order valence-corrected chi connectivity index (χ0v) is 22.4. The van der Waals surface area contributed by atoms with Crippen LogP contribution in [-0.2, 0) is 16.1 Å². The number of hydrogen-bond acceptors (Lipinski definition) is 7. The summed E-state index contributed by atoms with van der Waals surface area (Å²) in [4.78, 5) is 30.2. The number of carbonyl (C=O) groups is 2. The van der Waals surface area contributed by atoms with Gasteiger partial charge in [-0.05, 0) is 43.8 Å². The standard InChI is InChI=1S/C27H31N5O4S/c1-6-27(2,3)28-26(34)25(23-12-9-13-37-23)32(18-14-19(35-4)16-20(15-18)36-5)24(33)17-31-22-11-8-7-10-21(22)29-30-31/h7-16,25H,6,17H2,1-5H3,(H,28,34)/t25-/m1/s1. The highest BCUT2D eigenvalue weighted by atomic mass is 32.1. The van der Waals surface area contributed by atoms with Crippen molar-refractivity contribution >= 4 is 39.9 Å². The van der Waals surface area contributed by atoms with E-state index in [2.05, 4.69) is 15.6 Å². The number of anilines is 1. The predicted molar refractivity (Wildman–Crippen MR) is 144 cm³/mol. The number of benzene rings is 2. The van der Waals surface area contributed by atoms with Gasteiger partial charge in [-0.3, -0.25) is 14.5 Å². The summed E-state index contributed by atoms with van der Waals surface area (Å²) < 4.78 is 12.5. The molecule has 2 aromatic heterocycles. The lowest BCUT2D eigenvalue weighted by Crippen LogP contribution is -2.50. The minimum absolute atomic E-state index is 0.119. The van der Waals surface area contributed by atoms with Gasteiger partial charge in [-0.2, -0.15) is 0 Å². The van der Waals surface area contributed by atoms with Crippen molar-refractivity contribution < 1.29 is 19.1 Å². The monoisotopic (exact) mass is 521 g/mol. The fraction of sp³-hybridized carbons (Fsp3) is 0.333. The van der Waals surface area contributed by atoms with E-state index >= 15 is 0 Å². The van der Waals surface area contributed by atoms with Crippen molar-refractivity contribution in [3.05, 3.63) is 64.9 Å². The van der Waals surface area contributed by atoms with Crippen molar-refractivity contribution in [2.75, 3.05) is 19.1 Å². The first-order chi connectivity index (χ1) is 17.8. The molecular formula is C27H31N5O4S. The molecule has 194 valence electrons. The van der Waals surface area contributed by atoms with Crippen molar-refractivity contribution in [2.45, 2.75) is 45.3 Å². The molecule has 10 heteroatoms. The summed E-state index contributed by atoms with van der Waals surface area (Å²) in [5, 5.41) is 13.4. The largest absolute Gasteiger partial charge is 0.497 e. The van der Waals surface area contributed by atoms with Crippen molar-refractivity contribution in [3.63, 3.8) is 0 Å². The van der Waals surface area contributed by atoms with Crippen LogP contribution in [0.5, 0.6) is 11.5 Å². The van der Waals surface area contributed by atoms with Gasteiger partial charge in [0.05, 0.1) is 25.4 Å². The first-order valence-electron chi connectivity index (χ1n) is 11.9. The van der Waals surface area contributed by atoms with Gasteiger partial charge in [-0.25, -0.2) is 4.68 Å². The van der Waals surface area contributed by atoms with E-state index in [1.165, 1.54) is 16.2 Å². The second-order valence-corrected chi connectivity index (χ2v) is 10.2. The maximum absolute atomic E-state index is 14.1. The number of rotatable bonds is 10. The third-order valence-corrected chi connectivity index (χ3v) is 7.18. The number of nitrogens with one attached hydrogen (secondary N) is 1. The van der Waals surface area contributed by atoms with Crippen molar-refractivity contribution in [3.8, 4) is 11.5 Å². The number of thiophene rings is 1. The van der Waals surface area contributed by atoms with E-state index in [-0.39, 0.29) is 18.4 Å². The van der Waals surface area contributed by atoms with E-state index in [0.717, 1.165) is 16.8 Å². The average Bonchev–Trinajstić information content (AvgIpc) is 3.57. The number of para-hydroxylation sites is 1. The fourth-order valence-corrected chi connectivity index (χ4v) is 4.73. The summed E-state index contributed by atoms with van der Waals surface area (Å²) >= 11 is 1.41. The van der Waals surface area contributed by atoms with E-state index in [0.29, 0.717) is 22.7 Å². The van der Waals surface area contributed by atoms with Crippen LogP contribution in [0.1, 0.15) is 38.1 Å². The van der Waals surface area contributed by atoms with Gasteiger partial charge in [-0.15, -0.1) is 16.4 Å². The fourth-order valence-electron chi connectivity index (χ4n) is 3.92. The Kier molecular flexibility index (Phi) is 7.77. The third kappa shape index (κ3) is 5.75. The second-order valence-electron chi connectivity index (χ2n) is 9.22. The summed E-state index contributed by atoms with van der Waals surface area (Å²) in [5.74, 6) is 0.372. The Bertz CT molecular complexity index is 1360. The van der Waals surface area contributed by atoms with E-state index in [1.54, 1.807) is 37.1 Å². The molecule has 0 saturated carbocycles. The van der Waals surface area contributed by atoms with E-state index in [1.807, 2.05) is 62.5 Å². The number of carbonyl (C=O) groups excluding carboxylic acids is 2. The molecule has 2 amide bonds. The van der Waals surface area contributed by atoms with Crippen LogP contribution in [0.4, 0.5) is 5.69 Å². The van der Waals surface area contributed by atoms with Crippen LogP contribution in [0.15, 0.2) is 60.0 Å².